The zero-order chi connectivity index (χ0) is 23.3. The van der Waals surface area contributed by atoms with E-state index in [2.05, 4.69) is 48.9 Å². The monoisotopic (exact) mass is 471 g/mol. The standard InChI is InChI=1S/C27H29N5OS/c1-18-7-12-22-23(5-3-6-24(22)28-18)25-29-30-26(31(25)2)34-14-4-13-32-16-20-15-27(20,17-32)19-8-10-21(33)11-9-19/h3,5-12,20,33H,4,13-17H2,1-2H3/t20-,27?/m1/s1. The summed E-state index contributed by atoms with van der Waals surface area (Å²) in [6.07, 6.45) is 2.41. The van der Waals surface area contributed by atoms with Crippen LogP contribution in [0.5, 0.6) is 5.75 Å². The third-order valence-corrected chi connectivity index (χ3v) is 8.56. The number of benzene rings is 2. The summed E-state index contributed by atoms with van der Waals surface area (Å²) in [5, 5.41) is 20.7. The Morgan fingerprint density at radius 1 is 1.09 bits per heavy atom. The summed E-state index contributed by atoms with van der Waals surface area (Å²) in [4.78, 5) is 7.26. The first-order valence-corrected chi connectivity index (χ1v) is 12.9. The Balaban J connectivity index is 1.06. The zero-order valence-electron chi connectivity index (χ0n) is 19.6. The first-order chi connectivity index (χ1) is 16.5. The number of rotatable bonds is 7. The molecule has 0 radical (unpaired) electrons. The Kier molecular flexibility index (Phi) is 5.34. The van der Waals surface area contributed by atoms with Gasteiger partial charge in [-0.25, -0.2) is 0 Å². The van der Waals surface area contributed by atoms with E-state index in [0.29, 0.717) is 11.2 Å². The molecular weight excluding hydrogens is 442 g/mol. The van der Waals surface area contributed by atoms with E-state index in [-0.39, 0.29) is 0 Å². The van der Waals surface area contributed by atoms with Crippen LogP contribution in [-0.2, 0) is 12.5 Å². The number of aromatic nitrogens is 4. The van der Waals surface area contributed by atoms with Crippen LogP contribution in [0, 0.1) is 12.8 Å². The zero-order valence-corrected chi connectivity index (χ0v) is 20.4. The van der Waals surface area contributed by atoms with Gasteiger partial charge >= 0.3 is 0 Å². The van der Waals surface area contributed by atoms with Crippen molar-refractivity contribution in [3.63, 3.8) is 0 Å². The molecule has 3 heterocycles. The molecule has 1 aliphatic heterocycles. The molecule has 2 aromatic heterocycles. The van der Waals surface area contributed by atoms with Crippen molar-refractivity contribution in [3.05, 3.63) is 65.9 Å². The topological polar surface area (TPSA) is 67.1 Å². The highest BCUT2D eigenvalue weighted by atomic mass is 32.2. The van der Waals surface area contributed by atoms with Crippen LogP contribution in [0.3, 0.4) is 0 Å². The number of pyridine rings is 1. The van der Waals surface area contributed by atoms with Crippen LogP contribution in [0.15, 0.2) is 59.8 Å². The van der Waals surface area contributed by atoms with Crippen molar-refractivity contribution >= 4 is 22.7 Å². The summed E-state index contributed by atoms with van der Waals surface area (Å²) in [5.41, 5.74) is 4.79. The third kappa shape index (κ3) is 3.77. The fourth-order valence-electron chi connectivity index (χ4n) is 5.58. The Morgan fingerprint density at radius 3 is 2.79 bits per heavy atom. The molecule has 174 valence electrons. The number of fused-ring (bicyclic) bond motifs is 2. The van der Waals surface area contributed by atoms with Crippen LogP contribution >= 0.6 is 11.8 Å². The quantitative estimate of drug-likeness (QED) is 0.309. The molecule has 1 N–H and O–H groups in total. The fraction of sp³-hybridized carbons (Fsp3) is 0.370. The number of phenols is 1. The molecule has 2 fully saturated rings. The number of hydrogen-bond acceptors (Lipinski definition) is 6. The van der Waals surface area contributed by atoms with Crippen LogP contribution in [-0.4, -0.2) is 55.1 Å². The molecule has 2 aromatic carbocycles. The van der Waals surface area contributed by atoms with E-state index in [0.717, 1.165) is 64.3 Å². The second-order valence-electron chi connectivity index (χ2n) is 9.73. The maximum Gasteiger partial charge on any atom is 0.191 e. The van der Waals surface area contributed by atoms with Gasteiger partial charge < -0.3 is 14.6 Å². The molecule has 1 saturated carbocycles. The van der Waals surface area contributed by atoms with Crippen molar-refractivity contribution in [2.45, 2.75) is 30.3 Å². The summed E-state index contributed by atoms with van der Waals surface area (Å²) < 4.78 is 2.10. The van der Waals surface area contributed by atoms with Crippen LogP contribution in [0.1, 0.15) is 24.1 Å². The average molecular weight is 472 g/mol. The number of likely N-dealkylation sites (tertiary alicyclic amines) is 1. The third-order valence-electron chi connectivity index (χ3n) is 7.46. The molecule has 6 nitrogen and oxygen atoms in total. The van der Waals surface area contributed by atoms with Gasteiger partial charge in [0.15, 0.2) is 11.0 Å². The number of thioether (sulfide) groups is 1. The lowest BCUT2D eigenvalue weighted by Crippen LogP contribution is -2.27. The number of aryl methyl sites for hydroxylation is 1. The van der Waals surface area contributed by atoms with Gasteiger partial charge in [0.05, 0.1) is 5.52 Å². The van der Waals surface area contributed by atoms with Crippen molar-refractivity contribution in [2.24, 2.45) is 13.0 Å². The minimum atomic E-state index is 0.325. The van der Waals surface area contributed by atoms with Crippen LogP contribution in [0.4, 0.5) is 0 Å². The predicted octanol–water partition coefficient (Wildman–Crippen LogP) is 4.80. The van der Waals surface area contributed by atoms with Gasteiger partial charge in [-0.1, -0.05) is 42.1 Å². The molecule has 7 heteroatoms. The second-order valence-corrected chi connectivity index (χ2v) is 10.8. The molecule has 1 unspecified atom stereocenters. The van der Waals surface area contributed by atoms with Crippen LogP contribution in [0.25, 0.3) is 22.3 Å². The maximum absolute atomic E-state index is 9.60. The minimum absolute atomic E-state index is 0.325. The Bertz CT molecular complexity index is 1350. The van der Waals surface area contributed by atoms with E-state index in [1.54, 1.807) is 11.8 Å². The summed E-state index contributed by atoms with van der Waals surface area (Å²) in [6.45, 7) is 5.45. The van der Waals surface area contributed by atoms with E-state index < -0.39 is 0 Å². The average Bonchev–Trinajstić information content (AvgIpc) is 3.21. The molecule has 0 bridgehead atoms. The molecule has 1 saturated heterocycles. The largest absolute Gasteiger partial charge is 0.508 e. The summed E-state index contributed by atoms with van der Waals surface area (Å²) in [5.74, 6) is 3.03. The van der Waals surface area contributed by atoms with Gasteiger partial charge in [0.1, 0.15) is 5.75 Å². The molecule has 2 aliphatic rings. The molecule has 0 spiro atoms. The highest BCUT2D eigenvalue weighted by Gasteiger charge is 2.60. The molecule has 4 aromatic rings. The lowest BCUT2D eigenvalue weighted by atomic mass is 9.95. The molecule has 34 heavy (non-hydrogen) atoms. The van der Waals surface area contributed by atoms with E-state index in [1.807, 2.05) is 44.3 Å². The molecular formula is C27H29N5OS. The van der Waals surface area contributed by atoms with Gasteiger partial charge in [0.25, 0.3) is 0 Å². The van der Waals surface area contributed by atoms with Crippen molar-refractivity contribution in [1.82, 2.24) is 24.6 Å². The Morgan fingerprint density at radius 2 is 1.94 bits per heavy atom. The number of aromatic hydroxyl groups is 1. The van der Waals surface area contributed by atoms with E-state index in [9.17, 15) is 5.11 Å². The Hall–Kier alpha value is -2.90. The van der Waals surface area contributed by atoms with E-state index in [4.69, 9.17) is 0 Å². The summed E-state index contributed by atoms with van der Waals surface area (Å²) >= 11 is 1.78. The summed E-state index contributed by atoms with van der Waals surface area (Å²) in [6, 6.07) is 18.2. The normalized spacial score (nSPS) is 21.8. The number of piperidine rings is 1. The first kappa shape index (κ1) is 21.6. The second kappa shape index (κ2) is 8.40. The van der Waals surface area contributed by atoms with Gasteiger partial charge in [-0.3, -0.25) is 4.98 Å². The van der Waals surface area contributed by atoms with Gasteiger partial charge in [-0.05, 0) is 62.1 Å². The van der Waals surface area contributed by atoms with Crippen molar-refractivity contribution in [1.29, 1.82) is 0 Å². The molecule has 2 atom stereocenters. The predicted molar refractivity (Wildman–Crippen MR) is 136 cm³/mol. The number of nitrogens with zero attached hydrogens (tertiary/aromatic N) is 5. The molecule has 6 rings (SSSR count). The fourth-order valence-corrected chi connectivity index (χ4v) is 6.41. The Labute approximate surface area is 204 Å². The number of hydrogen-bond donors (Lipinski definition) is 1. The smallest absolute Gasteiger partial charge is 0.191 e. The van der Waals surface area contributed by atoms with Gasteiger partial charge in [0.2, 0.25) is 0 Å². The molecule has 0 amide bonds. The van der Waals surface area contributed by atoms with Crippen LogP contribution < -0.4 is 0 Å². The lowest BCUT2D eigenvalue weighted by Gasteiger charge is -2.21. The molecule has 1 aliphatic carbocycles. The highest BCUT2D eigenvalue weighted by Crippen LogP contribution is 2.59. The first-order valence-electron chi connectivity index (χ1n) is 11.9. The van der Waals surface area contributed by atoms with E-state index >= 15 is 0 Å². The van der Waals surface area contributed by atoms with E-state index in [1.165, 1.54) is 18.5 Å². The van der Waals surface area contributed by atoms with Crippen molar-refractivity contribution in [3.8, 4) is 17.1 Å². The maximum atomic E-state index is 9.60. The van der Waals surface area contributed by atoms with Gasteiger partial charge in [-0.15, -0.1) is 10.2 Å². The van der Waals surface area contributed by atoms with Crippen molar-refractivity contribution in [2.75, 3.05) is 25.4 Å². The number of phenolic OH excluding ortho intramolecular Hbond substituents is 1. The minimum Gasteiger partial charge on any atom is -0.508 e. The van der Waals surface area contributed by atoms with Gasteiger partial charge in [-0.2, -0.15) is 0 Å². The van der Waals surface area contributed by atoms with Gasteiger partial charge in [0, 0.05) is 47.9 Å². The lowest BCUT2D eigenvalue weighted by molar-refractivity contribution is 0.299. The van der Waals surface area contributed by atoms with Crippen LogP contribution in [0.2, 0.25) is 0 Å². The van der Waals surface area contributed by atoms with Crippen molar-refractivity contribution < 1.29 is 5.11 Å². The summed E-state index contributed by atoms with van der Waals surface area (Å²) in [7, 11) is 2.05. The SMILES string of the molecule is Cc1ccc2c(-c3nnc(SCCCN4C[C@H]5CC5(c5ccc(O)cc5)C4)n3C)cccc2n1. The highest BCUT2D eigenvalue weighted by molar-refractivity contribution is 7.99.